The number of hydrogen-bond donors (Lipinski definition) is 0. The largest absolute Gasteiger partial charge is 0.485 e. The molecule has 1 fully saturated rings. The monoisotopic (exact) mass is 359 g/mol. The van der Waals surface area contributed by atoms with Crippen molar-refractivity contribution in [3.63, 3.8) is 0 Å². The lowest BCUT2D eigenvalue weighted by atomic mass is 10.3. The van der Waals surface area contributed by atoms with Crippen molar-refractivity contribution in [2.45, 2.75) is 38.6 Å². The first-order chi connectivity index (χ1) is 12.3. The minimum atomic E-state index is -0.292. The second-order valence-corrected chi connectivity index (χ2v) is 7.09. The molecule has 5 nitrogen and oxygen atoms in total. The summed E-state index contributed by atoms with van der Waals surface area (Å²) in [6, 6.07) is 10.7. The van der Waals surface area contributed by atoms with Gasteiger partial charge in [0.25, 0.3) is 0 Å². The lowest BCUT2D eigenvalue weighted by Crippen LogP contribution is -2.24. The first-order valence-electron chi connectivity index (χ1n) is 8.22. The number of hydrogen-bond acceptors (Lipinski definition) is 6. The van der Waals surface area contributed by atoms with Crippen LogP contribution in [0.2, 0.25) is 0 Å². The molecule has 1 aliphatic carbocycles. The van der Waals surface area contributed by atoms with Gasteiger partial charge in [0.15, 0.2) is 6.61 Å². The van der Waals surface area contributed by atoms with Gasteiger partial charge in [-0.15, -0.1) is 11.3 Å². The van der Waals surface area contributed by atoms with Gasteiger partial charge in [0, 0.05) is 17.5 Å². The summed E-state index contributed by atoms with van der Waals surface area (Å²) in [5.41, 5.74) is 0. The first-order valence-corrected chi connectivity index (χ1v) is 9.10. The van der Waals surface area contributed by atoms with Gasteiger partial charge < -0.3 is 9.26 Å². The summed E-state index contributed by atoms with van der Waals surface area (Å²) in [6.45, 7) is 1.75. The van der Waals surface area contributed by atoms with E-state index in [0.29, 0.717) is 30.1 Å². The first kappa shape index (κ1) is 16.2. The molecule has 0 amide bonds. The lowest BCUT2D eigenvalue weighted by molar-refractivity contribution is 0.210. The molecule has 0 bridgehead atoms. The summed E-state index contributed by atoms with van der Waals surface area (Å²) in [4.78, 5) is 8.13. The quantitative estimate of drug-likeness (QED) is 0.608. The number of aromatic nitrogens is 2. The third kappa shape index (κ3) is 4.43. The Hall–Kier alpha value is -2.25. The maximum atomic E-state index is 12.9. The van der Waals surface area contributed by atoms with E-state index in [-0.39, 0.29) is 12.4 Å². The van der Waals surface area contributed by atoms with Crippen LogP contribution in [0.1, 0.15) is 29.4 Å². The normalized spacial score (nSPS) is 14.2. The third-order valence-corrected chi connectivity index (χ3v) is 4.89. The molecule has 0 radical (unpaired) electrons. The van der Waals surface area contributed by atoms with Crippen LogP contribution in [-0.4, -0.2) is 21.1 Å². The van der Waals surface area contributed by atoms with Crippen LogP contribution in [0.5, 0.6) is 5.75 Å². The van der Waals surface area contributed by atoms with E-state index in [9.17, 15) is 4.39 Å². The van der Waals surface area contributed by atoms with Gasteiger partial charge in [-0.05, 0) is 48.6 Å². The van der Waals surface area contributed by atoms with E-state index in [1.165, 1.54) is 29.9 Å². The number of rotatable bonds is 8. The Morgan fingerprint density at radius 3 is 2.76 bits per heavy atom. The lowest BCUT2D eigenvalue weighted by Gasteiger charge is -2.18. The molecule has 2 heterocycles. The van der Waals surface area contributed by atoms with E-state index in [1.54, 1.807) is 23.5 Å². The van der Waals surface area contributed by atoms with Gasteiger partial charge in [0.2, 0.25) is 11.7 Å². The predicted molar refractivity (Wildman–Crippen MR) is 91.6 cm³/mol. The Labute approximate surface area is 149 Å². The average molecular weight is 359 g/mol. The molecule has 0 spiro atoms. The summed E-state index contributed by atoms with van der Waals surface area (Å²) in [6.07, 6.45) is 2.44. The Balaban J connectivity index is 1.34. The van der Waals surface area contributed by atoms with E-state index >= 15 is 0 Å². The molecule has 4 rings (SSSR count). The minimum absolute atomic E-state index is 0.198. The highest BCUT2D eigenvalue weighted by molar-refractivity contribution is 7.09. The summed E-state index contributed by atoms with van der Waals surface area (Å²) in [5.74, 6) is 1.37. The fourth-order valence-corrected chi connectivity index (χ4v) is 3.35. The van der Waals surface area contributed by atoms with Crippen molar-refractivity contribution in [3.05, 3.63) is 64.2 Å². The predicted octanol–water partition coefficient (Wildman–Crippen LogP) is 4.01. The standard InChI is InChI=1S/C18H18FN3O2S/c19-13-3-7-15(8-4-13)23-12-17-20-18(24-21-17)11-22(14-5-6-14)10-16-2-1-9-25-16/h1-4,7-9,14H,5-6,10-12H2. The molecule has 25 heavy (non-hydrogen) atoms. The van der Waals surface area contributed by atoms with Crippen LogP contribution in [0.4, 0.5) is 4.39 Å². The molecule has 3 aromatic rings. The van der Waals surface area contributed by atoms with E-state index in [4.69, 9.17) is 9.26 Å². The van der Waals surface area contributed by atoms with Crippen molar-refractivity contribution in [2.24, 2.45) is 0 Å². The maximum absolute atomic E-state index is 12.9. The summed E-state index contributed by atoms with van der Waals surface area (Å²) >= 11 is 1.76. The number of halogens is 1. The highest BCUT2D eigenvalue weighted by Crippen LogP contribution is 2.30. The van der Waals surface area contributed by atoms with Crippen molar-refractivity contribution in [1.29, 1.82) is 0 Å². The molecule has 0 unspecified atom stereocenters. The van der Waals surface area contributed by atoms with Gasteiger partial charge in [-0.3, -0.25) is 4.90 Å². The fourth-order valence-electron chi connectivity index (χ4n) is 2.62. The van der Waals surface area contributed by atoms with Crippen LogP contribution in [0, 0.1) is 5.82 Å². The van der Waals surface area contributed by atoms with E-state index in [2.05, 4.69) is 32.6 Å². The van der Waals surface area contributed by atoms with Crippen LogP contribution in [0.25, 0.3) is 0 Å². The summed E-state index contributed by atoms with van der Waals surface area (Å²) in [7, 11) is 0. The van der Waals surface area contributed by atoms with Crippen LogP contribution in [0.15, 0.2) is 46.3 Å². The Bertz CT molecular complexity index is 800. The van der Waals surface area contributed by atoms with Gasteiger partial charge >= 0.3 is 0 Å². The zero-order valence-electron chi connectivity index (χ0n) is 13.6. The molecule has 7 heteroatoms. The maximum Gasteiger partial charge on any atom is 0.240 e. The molecule has 0 aliphatic heterocycles. The van der Waals surface area contributed by atoms with Crippen LogP contribution >= 0.6 is 11.3 Å². The molecule has 130 valence electrons. The molecular formula is C18H18FN3O2S. The van der Waals surface area contributed by atoms with Gasteiger partial charge in [-0.2, -0.15) is 4.98 Å². The van der Waals surface area contributed by atoms with Crippen molar-refractivity contribution in [3.8, 4) is 5.75 Å². The molecule has 2 aromatic heterocycles. The van der Waals surface area contributed by atoms with Crippen LogP contribution < -0.4 is 4.74 Å². The van der Waals surface area contributed by atoms with Gasteiger partial charge in [-0.25, -0.2) is 4.39 Å². The zero-order chi connectivity index (χ0) is 17.1. The number of ether oxygens (including phenoxy) is 1. The number of nitrogens with zero attached hydrogens (tertiary/aromatic N) is 3. The van der Waals surface area contributed by atoms with E-state index < -0.39 is 0 Å². The Morgan fingerprint density at radius 2 is 2.04 bits per heavy atom. The highest BCUT2D eigenvalue weighted by atomic mass is 32.1. The SMILES string of the molecule is Fc1ccc(OCc2noc(CN(Cc3cccs3)C3CC3)n2)cc1. The Morgan fingerprint density at radius 1 is 1.20 bits per heavy atom. The molecular weight excluding hydrogens is 341 g/mol. The van der Waals surface area contributed by atoms with Crippen molar-refractivity contribution >= 4 is 11.3 Å². The fraction of sp³-hybridized carbons (Fsp3) is 0.333. The van der Waals surface area contributed by atoms with Crippen molar-refractivity contribution < 1.29 is 13.7 Å². The zero-order valence-corrected chi connectivity index (χ0v) is 14.4. The third-order valence-electron chi connectivity index (χ3n) is 4.03. The topological polar surface area (TPSA) is 51.4 Å². The Kier molecular flexibility index (Phi) is 4.76. The molecule has 1 saturated carbocycles. The van der Waals surface area contributed by atoms with E-state index in [1.807, 2.05) is 0 Å². The smallest absolute Gasteiger partial charge is 0.240 e. The van der Waals surface area contributed by atoms with Gasteiger partial charge in [0.1, 0.15) is 11.6 Å². The van der Waals surface area contributed by atoms with Crippen LogP contribution in [0.3, 0.4) is 0 Å². The highest BCUT2D eigenvalue weighted by Gasteiger charge is 2.30. The molecule has 1 aromatic carbocycles. The molecule has 1 aliphatic rings. The molecule has 0 atom stereocenters. The number of thiophene rings is 1. The van der Waals surface area contributed by atoms with E-state index in [0.717, 1.165) is 6.54 Å². The average Bonchev–Trinajstić information content (AvgIpc) is 3.16. The second kappa shape index (κ2) is 7.33. The summed E-state index contributed by atoms with van der Waals surface area (Å²) in [5, 5.41) is 6.06. The van der Waals surface area contributed by atoms with Crippen molar-refractivity contribution in [2.75, 3.05) is 0 Å². The molecule has 0 N–H and O–H groups in total. The molecule has 0 saturated heterocycles. The van der Waals surface area contributed by atoms with Gasteiger partial charge in [-0.1, -0.05) is 11.2 Å². The number of benzene rings is 1. The summed E-state index contributed by atoms with van der Waals surface area (Å²) < 4.78 is 23.8. The second-order valence-electron chi connectivity index (χ2n) is 6.06. The van der Waals surface area contributed by atoms with Crippen LogP contribution in [-0.2, 0) is 19.7 Å². The van der Waals surface area contributed by atoms with Gasteiger partial charge in [0.05, 0.1) is 6.54 Å². The van der Waals surface area contributed by atoms with Crippen molar-refractivity contribution in [1.82, 2.24) is 15.0 Å². The minimum Gasteiger partial charge on any atom is -0.485 e.